The number of hydrogen-bond donors (Lipinski definition) is 1. The van der Waals surface area contributed by atoms with Crippen molar-refractivity contribution >= 4 is 32.0 Å². The second-order valence-corrected chi connectivity index (χ2v) is 12.5. The molecule has 1 heterocycles. The van der Waals surface area contributed by atoms with Crippen molar-refractivity contribution in [2.45, 2.75) is 65.8 Å². The first-order chi connectivity index (χ1) is 13.9. The molecule has 0 unspecified atom stereocenters. The Bertz CT molecular complexity index is 792. The van der Waals surface area contributed by atoms with Crippen molar-refractivity contribution in [1.29, 1.82) is 0 Å². The summed E-state index contributed by atoms with van der Waals surface area (Å²) in [6.45, 7) is 15.0. The summed E-state index contributed by atoms with van der Waals surface area (Å²) in [6.07, 6.45) is 0.606. The summed E-state index contributed by atoms with van der Waals surface area (Å²) >= 11 is 5.83. The molecule has 1 aromatic carbocycles. The summed E-state index contributed by atoms with van der Waals surface area (Å²) in [6, 6.07) is 5.73. The molecule has 0 spiro atoms. The molecular formula is C23H37NO4SSi. The van der Waals surface area contributed by atoms with Crippen LogP contribution in [0.15, 0.2) is 18.2 Å². The van der Waals surface area contributed by atoms with E-state index in [9.17, 15) is 4.79 Å². The molecule has 1 aliphatic heterocycles. The standard InChI is InChI=1S/C23H37NO4SSi/c1-14(18(29)12-15-10-11-16(26-6)13-17(15)27-7)20-19(21(25)24-20)23(5,22(2,3)4)28-30(8)9/h10-11,13-14,19-20,30H,12H2,1-9H3,(H,24,25)/t14-,19+,20+,23+/m0/s1. The number of hydrogen-bond acceptors (Lipinski definition) is 5. The van der Waals surface area contributed by atoms with Crippen LogP contribution in [0.1, 0.15) is 40.2 Å². The van der Waals surface area contributed by atoms with Crippen molar-refractivity contribution < 1.29 is 18.7 Å². The highest BCUT2D eigenvalue weighted by atomic mass is 32.1. The number of benzene rings is 1. The Hall–Kier alpha value is -1.44. The summed E-state index contributed by atoms with van der Waals surface area (Å²) in [7, 11) is 1.92. The van der Waals surface area contributed by atoms with Crippen LogP contribution < -0.4 is 14.8 Å². The fourth-order valence-corrected chi connectivity index (χ4v) is 5.95. The van der Waals surface area contributed by atoms with Crippen molar-refractivity contribution in [3.63, 3.8) is 0 Å². The lowest BCUT2D eigenvalue weighted by Crippen LogP contribution is -2.72. The zero-order valence-corrected chi connectivity index (χ0v) is 21.8. The van der Waals surface area contributed by atoms with Crippen LogP contribution in [-0.4, -0.2) is 45.7 Å². The van der Waals surface area contributed by atoms with Crippen molar-refractivity contribution in [2.24, 2.45) is 17.3 Å². The van der Waals surface area contributed by atoms with Gasteiger partial charge in [0.1, 0.15) is 11.5 Å². The molecule has 0 saturated carbocycles. The molecular weight excluding hydrogens is 414 g/mol. The van der Waals surface area contributed by atoms with Gasteiger partial charge in [-0.1, -0.05) is 46.0 Å². The summed E-state index contributed by atoms with van der Waals surface area (Å²) in [4.78, 5) is 13.6. The van der Waals surface area contributed by atoms with Crippen molar-refractivity contribution in [1.82, 2.24) is 5.32 Å². The second-order valence-electron chi connectivity index (χ2n) is 9.65. The van der Waals surface area contributed by atoms with Crippen molar-refractivity contribution in [3.05, 3.63) is 23.8 Å². The minimum atomic E-state index is -1.36. The Balaban J connectivity index is 2.24. The second kappa shape index (κ2) is 9.36. The molecule has 5 nitrogen and oxygen atoms in total. The van der Waals surface area contributed by atoms with Crippen LogP contribution in [0.3, 0.4) is 0 Å². The maximum atomic E-state index is 12.7. The third kappa shape index (κ3) is 4.89. The third-order valence-electron chi connectivity index (χ3n) is 6.42. The van der Waals surface area contributed by atoms with E-state index in [1.54, 1.807) is 14.2 Å². The number of thiocarbonyl (C=S) groups is 1. The van der Waals surface area contributed by atoms with Crippen LogP contribution in [0.25, 0.3) is 0 Å². The Morgan fingerprint density at radius 1 is 1.20 bits per heavy atom. The minimum Gasteiger partial charge on any atom is -0.497 e. The smallest absolute Gasteiger partial charge is 0.228 e. The third-order valence-corrected chi connectivity index (χ3v) is 7.90. The van der Waals surface area contributed by atoms with Gasteiger partial charge in [-0.05, 0) is 37.1 Å². The zero-order chi connectivity index (χ0) is 22.9. The fraction of sp³-hybridized carbons (Fsp3) is 0.652. The Morgan fingerprint density at radius 3 is 2.30 bits per heavy atom. The van der Waals surface area contributed by atoms with Crippen LogP contribution in [-0.2, 0) is 15.6 Å². The summed E-state index contributed by atoms with van der Waals surface area (Å²) in [5, 5.41) is 3.11. The van der Waals surface area contributed by atoms with Crippen LogP contribution in [0.2, 0.25) is 13.1 Å². The first-order valence-corrected chi connectivity index (χ1v) is 13.8. The molecule has 30 heavy (non-hydrogen) atoms. The molecule has 1 saturated heterocycles. The molecule has 0 bridgehead atoms. The number of ether oxygens (including phenoxy) is 2. The summed E-state index contributed by atoms with van der Waals surface area (Å²) in [5.41, 5.74) is 0.301. The van der Waals surface area contributed by atoms with E-state index in [0.717, 1.165) is 21.9 Å². The average molecular weight is 452 g/mol. The Morgan fingerprint density at radius 2 is 1.83 bits per heavy atom. The van der Waals surface area contributed by atoms with Crippen molar-refractivity contribution in [3.8, 4) is 11.5 Å². The molecule has 168 valence electrons. The average Bonchev–Trinajstić information content (AvgIpc) is 2.63. The van der Waals surface area contributed by atoms with Gasteiger partial charge < -0.3 is 19.2 Å². The van der Waals surface area contributed by atoms with Crippen LogP contribution in [0.5, 0.6) is 11.5 Å². The van der Waals surface area contributed by atoms with E-state index in [1.807, 2.05) is 18.2 Å². The van der Waals surface area contributed by atoms with Gasteiger partial charge in [0, 0.05) is 23.3 Å². The summed E-state index contributed by atoms with van der Waals surface area (Å²) in [5.74, 6) is 1.37. The lowest BCUT2D eigenvalue weighted by atomic mass is 9.62. The molecule has 1 N–H and O–H groups in total. The van der Waals surface area contributed by atoms with Gasteiger partial charge in [-0.25, -0.2) is 0 Å². The topological polar surface area (TPSA) is 56.8 Å². The molecule has 0 aromatic heterocycles. The van der Waals surface area contributed by atoms with Crippen LogP contribution >= 0.6 is 12.2 Å². The predicted molar refractivity (Wildman–Crippen MR) is 128 cm³/mol. The number of nitrogens with one attached hydrogen (secondary N) is 1. The number of rotatable bonds is 9. The fourth-order valence-electron chi connectivity index (χ4n) is 4.16. The maximum absolute atomic E-state index is 12.7. The van der Waals surface area contributed by atoms with Crippen LogP contribution in [0.4, 0.5) is 0 Å². The minimum absolute atomic E-state index is 0.0358. The van der Waals surface area contributed by atoms with Gasteiger partial charge in [-0.15, -0.1) is 0 Å². The largest absolute Gasteiger partial charge is 0.497 e. The number of β-lactam (4-membered cyclic amide) rings is 1. The van der Waals surface area contributed by atoms with Gasteiger partial charge in [-0.2, -0.15) is 0 Å². The predicted octanol–water partition coefficient (Wildman–Crippen LogP) is 4.17. The molecule has 4 atom stereocenters. The molecule has 0 aliphatic carbocycles. The van der Waals surface area contributed by atoms with Gasteiger partial charge in [0.25, 0.3) is 0 Å². The highest BCUT2D eigenvalue weighted by molar-refractivity contribution is 7.80. The van der Waals surface area contributed by atoms with Gasteiger partial charge in [0.15, 0.2) is 9.04 Å². The molecule has 0 radical (unpaired) electrons. The molecule has 1 fully saturated rings. The SMILES string of the molecule is COc1ccc(CC(=S)[C@H](C)[C@H]2NC(=O)[C@@H]2[C@@](C)(O[SiH](C)C)C(C)(C)C)c(OC)c1. The van der Waals surface area contributed by atoms with E-state index in [1.165, 1.54) is 0 Å². The number of methoxy groups -OCH3 is 2. The first kappa shape index (κ1) is 24.8. The monoisotopic (exact) mass is 451 g/mol. The molecule has 1 amide bonds. The van der Waals surface area contributed by atoms with Gasteiger partial charge in [0.2, 0.25) is 5.91 Å². The van der Waals surface area contributed by atoms with Crippen LogP contribution in [0, 0.1) is 17.3 Å². The van der Waals surface area contributed by atoms with Crippen molar-refractivity contribution in [2.75, 3.05) is 14.2 Å². The molecule has 7 heteroatoms. The molecule has 1 aliphatic rings. The normalized spacial score (nSPS) is 22.0. The lowest BCUT2D eigenvalue weighted by Gasteiger charge is -2.55. The van der Waals surface area contributed by atoms with Gasteiger partial charge in [-0.3, -0.25) is 4.79 Å². The number of carbonyl (C=O) groups excluding carboxylic acids is 1. The van der Waals surface area contributed by atoms with Gasteiger partial charge in [0.05, 0.1) is 31.8 Å². The first-order valence-electron chi connectivity index (χ1n) is 10.6. The van der Waals surface area contributed by atoms with E-state index >= 15 is 0 Å². The molecule has 2 rings (SSSR count). The lowest BCUT2D eigenvalue weighted by molar-refractivity contribution is -0.160. The van der Waals surface area contributed by atoms with E-state index in [-0.39, 0.29) is 29.2 Å². The Kier molecular flexibility index (Phi) is 7.75. The number of amides is 1. The van der Waals surface area contributed by atoms with E-state index < -0.39 is 14.6 Å². The van der Waals surface area contributed by atoms with E-state index in [2.05, 4.69) is 53.0 Å². The summed E-state index contributed by atoms with van der Waals surface area (Å²) < 4.78 is 17.3. The highest BCUT2D eigenvalue weighted by Crippen LogP contribution is 2.46. The number of carbonyl (C=O) groups is 1. The molecule has 1 aromatic rings. The van der Waals surface area contributed by atoms with Gasteiger partial charge >= 0.3 is 0 Å². The quantitative estimate of drug-likeness (QED) is 0.347. The Labute approximate surface area is 188 Å². The van der Waals surface area contributed by atoms with E-state index in [4.69, 9.17) is 26.1 Å². The maximum Gasteiger partial charge on any atom is 0.228 e. The zero-order valence-electron chi connectivity index (χ0n) is 19.8. The highest BCUT2D eigenvalue weighted by Gasteiger charge is 2.58. The van der Waals surface area contributed by atoms with E-state index in [0.29, 0.717) is 6.42 Å².